The van der Waals surface area contributed by atoms with Gasteiger partial charge in [-0.1, -0.05) is 11.6 Å². The fourth-order valence-corrected chi connectivity index (χ4v) is 2.39. The van der Waals surface area contributed by atoms with E-state index in [1.807, 2.05) is 12.1 Å². The van der Waals surface area contributed by atoms with Gasteiger partial charge in [-0.25, -0.2) is 0 Å². The van der Waals surface area contributed by atoms with Crippen molar-refractivity contribution in [2.24, 2.45) is 5.73 Å². The Hall–Kier alpha value is -0.810. The molecular formula is C14H22ClN3O. The van der Waals surface area contributed by atoms with E-state index in [0.717, 1.165) is 44.4 Å². The zero-order chi connectivity index (χ0) is 13.5. The molecule has 2 N–H and O–H groups in total. The van der Waals surface area contributed by atoms with Crippen LogP contribution in [-0.4, -0.2) is 57.4 Å². The summed E-state index contributed by atoms with van der Waals surface area (Å²) >= 11 is 5.91. The molecule has 19 heavy (non-hydrogen) atoms. The monoisotopic (exact) mass is 283 g/mol. The maximum absolute atomic E-state index is 5.91. The van der Waals surface area contributed by atoms with Crippen molar-refractivity contribution in [1.29, 1.82) is 0 Å². The average molecular weight is 284 g/mol. The highest BCUT2D eigenvalue weighted by atomic mass is 35.5. The Morgan fingerprint density at radius 1 is 1.05 bits per heavy atom. The molecule has 0 radical (unpaired) electrons. The highest BCUT2D eigenvalue weighted by Crippen LogP contribution is 2.19. The molecule has 1 aliphatic rings. The number of halogens is 1. The van der Waals surface area contributed by atoms with E-state index in [4.69, 9.17) is 22.1 Å². The Labute approximate surface area is 120 Å². The molecule has 1 aromatic carbocycles. The Bertz CT molecular complexity index is 363. The van der Waals surface area contributed by atoms with Gasteiger partial charge in [0.1, 0.15) is 0 Å². The van der Waals surface area contributed by atoms with Gasteiger partial charge in [0.25, 0.3) is 0 Å². The van der Waals surface area contributed by atoms with Gasteiger partial charge in [0, 0.05) is 50.0 Å². The zero-order valence-corrected chi connectivity index (χ0v) is 12.0. The summed E-state index contributed by atoms with van der Waals surface area (Å²) in [5.74, 6) is 0. The molecule has 0 atom stereocenters. The van der Waals surface area contributed by atoms with Gasteiger partial charge in [-0.05, 0) is 24.3 Å². The van der Waals surface area contributed by atoms with Crippen LogP contribution in [0, 0.1) is 0 Å². The van der Waals surface area contributed by atoms with Crippen LogP contribution >= 0.6 is 11.6 Å². The normalized spacial score (nSPS) is 16.8. The standard InChI is InChI=1S/C14H22ClN3O/c15-13-1-3-14(4-2-13)18-8-6-17(7-9-18)10-12-19-11-5-16/h1-4H,5-12,16H2. The maximum Gasteiger partial charge on any atom is 0.0594 e. The number of anilines is 1. The van der Waals surface area contributed by atoms with Crippen LogP contribution in [0.15, 0.2) is 24.3 Å². The lowest BCUT2D eigenvalue weighted by Gasteiger charge is -2.36. The summed E-state index contributed by atoms with van der Waals surface area (Å²) in [5.41, 5.74) is 6.64. The van der Waals surface area contributed by atoms with Gasteiger partial charge in [0.2, 0.25) is 0 Å². The summed E-state index contributed by atoms with van der Waals surface area (Å²) in [6, 6.07) is 8.07. The van der Waals surface area contributed by atoms with Crippen molar-refractivity contribution in [3.05, 3.63) is 29.3 Å². The zero-order valence-electron chi connectivity index (χ0n) is 11.2. The lowest BCUT2D eigenvalue weighted by molar-refractivity contribution is 0.107. The molecule has 0 saturated carbocycles. The topological polar surface area (TPSA) is 41.7 Å². The molecule has 1 saturated heterocycles. The van der Waals surface area contributed by atoms with Crippen molar-refractivity contribution in [2.45, 2.75) is 0 Å². The summed E-state index contributed by atoms with van der Waals surface area (Å²) < 4.78 is 5.42. The first-order valence-corrected chi connectivity index (χ1v) is 7.18. The third-order valence-electron chi connectivity index (χ3n) is 3.38. The first-order valence-electron chi connectivity index (χ1n) is 6.80. The number of ether oxygens (including phenoxy) is 1. The number of nitrogens with two attached hydrogens (primary N) is 1. The summed E-state index contributed by atoms with van der Waals surface area (Å²) in [6.45, 7) is 7.29. The molecule has 1 aromatic rings. The van der Waals surface area contributed by atoms with Gasteiger partial charge in [0.05, 0.1) is 13.2 Å². The van der Waals surface area contributed by atoms with Crippen molar-refractivity contribution >= 4 is 17.3 Å². The minimum absolute atomic E-state index is 0.602. The second-order valence-corrected chi connectivity index (χ2v) is 5.14. The van der Waals surface area contributed by atoms with Crippen LogP contribution in [-0.2, 0) is 4.74 Å². The summed E-state index contributed by atoms with van der Waals surface area (Å²) in [4.78, 5) is 4.83. The van der Waals surface area contributed by atoms with E-state index in [2.05, 4.69) is 21.9 Å². The van der Waals surface area contributed by atoms with Gasteiger partial charge in [-0.3, -0.25) is 4.90 Å². The third-order valence-corrected chi connectivity index (χ3v) is 3.63. The van der Waals surface area contributed by atoms with Crippen molar-refractivity contribution < 1.29 is 4.74 Å². The van der Waals surface area contributed by atoms with Crippen molar-refractivity contribution in [3.8, 4) is 0 Å². The van der Waals surface area contributed by atoms with Crippen LogP contribution in [0.3, 0.4) is 0 Å². The quantitative estimate of drug-likeness (QED) is 0.802. The fraction of sp³-hybridized carbons (Fsp3) is 0.571. The van der Waals surface area contributed by atoms with Crippen molar-refractivity contribution in [3.63, 3.8) is 0 Å². The predicted octanol–water partition coefficient (Wildman–Crippen LogP) is 1.44. The van der Waals surface area contributed by atoms with Crippen LogP contribution in [0.5, 0.6) is 0 Å². The van der Waals surface area contributed by atoms with E-state index in [1.165, 1.54) is 5.69 Å². The first-order chi connectivity index (χ1) is 9.29. The molecule has 0 unspecified atom stereocenters. The third kappa shape index (κ3) is 4.66. The largest absolute Gasteiger partial charge is 0.379 e. The Kier molecular flexibility index (Phi) is 5.92. The molecule has 2 rings (SSSR count). The van der Waals surface area contributed by atoms with E-state index >= 15 is 0 Å². The van der Waals surface area contributed by atoms with Crippen molar-refractivity contribution in [2.75, 3.05) is 57.4 Å². The van der Waals surface area contributed by atoms with Gasteiger partial charge < -0.3 is 15.4 Å². The molecule has 1 fully saturated rings. The van der Waals surface area contributed by atoms with Crippen LogP contribution < -0.4 is 10.6 Å². The molecule has 0 spiro atoms. The molecule has 106 valence electrons. The molecule has 5 heteroatoms. The number of rotatable bonds is 6. The SMILES string of the molecule is NCCOCCN1CCN(c2ccc(Cl)cc2)CC1. The van der Waals surface area contributed by atoms with E-state index in [0.29, 0.717) is 13.2 Å². The van der Waals surface area contributed by atoms with Crippen LogP contribution in [0.4, 0.5) is 5.69 Å². The number of piperazine rings is 1. The highest BCUT2D eigenvalue weighted by molar-refractivity contribution is 6.30. The second-order valence-electron chi connectivity index (χ2n) is 4.71. The molecule has 0 amide bonds. The maximum atomic E-state index is 5.91. The molecule has 0 aromatic heterocycles. The first kappa shape index (κ1) is 14.6. The highest BCUT2D eigenvalue weighted by Gasteiger charge is 2.16. The lowest BCUT2D eigenvalue weighted by Crippen LogP contribution is -2.47. The molecule has 4 nitrogen and oxygen atoms in total. The van der Waals surface area contributed by atoms with E-state index in [1.54, 1.807) is 0 Å². The Morgan fingerprint density at radius 3 is 2.37 bits per heavy atom. The summed E-state index contributed by atoms with van der Waals surface area (Å²) in [5, 5.41) is 0.791. The minimum Gasteiger partial charge on any atom is -0.379 e. The Morgan fingerprint density at radius 2 is 1.74 bits per heavy atom. The van der Waals surface area contributed by atoms with Gasteiger partial charge in [-0.15, -0.1) is 0 Å². The molecule has 0 aliphatic carbocycles. The lowest BCUT2D eigenvalue weighted by atomic mass is 10.2. The van der Waals surface area contributed by atoms with Crippen LogP contribution in [0.1, 0.15) is 0 Å². The smallest absolute Gasteiger partial charge is 0.0594 e. The average Bonchev–Trinajstić information content (AvgIpc) is 2.45. The van der Waals surface area contributed by atoms with Crippen LogP contribution in [0.2, 0.25) is 5.02 Å². The van der Waals surface area contributed by atoms with E-state index < -0.39 is 0 Å². The van der Waals surface area contributed by atoms with Crippen LogP contribution in [0.25, 0.3) is 0 Å². The number of hydrogen-bond donors (Lipinski definition) is 1. The molecule has 0 bridgehead atoms. The summed E-state index contributed by atoms with van der Waals surface area (Å²) in [7, 11) is 0. The molecular weight excluding hydrogens is 262 g/mol. The number of hydrogen-bond acceptors (Lipinski definition) is 4. The van der Waals surface area contributed by atoms with Gasteiger partial charge >= 0.3 is 0 Å². The van der Waals surface area contributed by atoms with E-state index in [9.17, 15) is 0 Å². The van der Waals surface area contributed by atoms with Crippen molar-refractivity contribution in [1.82, 2.24) is 4.90 Å². The number of benzene rings is 1. The summed E-state index contributed by atoms with van der Waals surface area (Å²) in [6.07, 6.45) is 0. The second kappa shape index (κ2) is 7.70. The molecule has 1 aliphatic heterocycles. The number of nitrogens with zero attached hydrogens (tertiary/aromatic N) is 2. The minimum atomic E-state index is 0.602. The van der Waals surface area contributed by atoms with E-state index in [-0.39, 0.29) is 0 Å². The van der Waals surface area contributed by atoms with Gasteiger partial charge in [0.15, 0.2) is 0 Å². The fourth-order valence-electron chi connectivity index (χ4n) is 2.26. The predicted molar refractivity (Wildman–Crippen MR) is 80.0 cm³/mol. The van der Waals surface area contributed by atoms with Gasteiger partial charge in [-0.2, -0.15) is 0 Å². The molecule has 1 heterocycles. The Balaban J connectivity index is 1.71.